The lowest BCUT2D eigenvalue weighted by molar-refractivity contribution is -0.129. The second-order valence-electron chi connectivity index (χ2n) is 3.63. The van der Waals surface area contributed by atoms with Gasteiger partial charge in [-0.2, -0.15) is 0 Å². The molecule has 1 aliphatic rings. The van der Waals surface area contributed by atoms with E-state index >= 15 is 0 Å². The van der Waals surface area contributed by atoms with E-state index in [1.807, 2.05) is 6.92 Å². The monoisotopic (exact) mass is 180 g/mol. The van der Waals surface area contributed by atoms with E-state index in [0.717, 1.165) is 19.4 Å². The van der Waals surface area contributed by atoms with Gasteiger partial charge in [-0.3, -0.25) is 4.79 Å². The van der Waals surface area contributed by atoms with Crippen LogP contribution in [0.4, 0.5) is 0 Å². The summed E-state index contributed by atoms with van der Waals surface area (Å²) in [6.07, 6.45) is 7.19. The average molecular weight is 180 g/mol. The molecule has 1 rings (SSSR count). The largest absolute Gasteiger partial charge is 0.330 e. The highest BCUT2D eigenvalue weighted by Gasteiger charge is 2.27. The minimum Gasteiger partial charge on any atom is -0.330 e. The van der Waals surface area contributed by atoms with Crippen LogP contribution in [-0.4, -0.2) is 29.9 Å². The first-order valence-electron chi connectivity index (χ1n) is 4.66. The highest BCUT2D eigenvalue weighted by atomic mass is 16.2. The first kappa shape index (κ1) is 10.1. The minimum absolute atomic E-state index is 0.203. The molecule has 0 saturated carbocycles. The number of carbonyl (C=O) groups excluding carboxylic acids is 1. The van der Waals surface area contributed by atoms with Gasteiger partial charge in [0.25, 0.3) is 5.91 Å². The third kappa shape index (κ3) is 2.22. The number of amides is 1. The van der Waals surface area contributed by atoms with Gasteiger partial charge >= 0.3 is 0 Å². The lowest BCUT2D eigenvalue weighted by Gasteiger charge is -2.36. The molecule has 0 aromatic rings. The summed E-state index contributed by atoms with van der Waals surface area (Å²) in [5.74, 6) is 2.38. The molecule has 3 heteroatoms. The number of hydrogen-bond donors (Lipinski definition) is 1. The van der Waals surface area contributed by atoms with Crippen molar-refractivity contribution in [2.24, 2.45) is 11.7 Å². The highest BCUT2D eigenvalue weighted by molar-refractivity contribution is 5.93. The van der Waals surface area contributed by atoms with E-state index in [0.29, 0.717) is 12.5 Å². The predicted octanol–water partition coefficient (Wildman–Crippen LogP) is 0.205. The first-order chi connectivity index (χ1) is 6.19. The standard InChI is InChI=1S/C10H16N2O/c1-3-10(13)12-7-9(6-11)5-4-8(12)2/h1,8-9H,4-7,11H2,2H3. The third-order valence-electron chi connectivity index (χ3n) is 2.70. The summed E-state index contributed by atoms with van der Waals surface area (Å²) in [6, 6.07) is 0.270. The van der Waals surface area contributed by atoms with Crippen molar-refractivity contribution in [3.8, 4) is 12.3 Å². The van der Waals surface area contributed by atoms with Gasteiger partial charge in [0.1, 0.15) is 0 Å². The fraction of sp³-hybridized carbons (Fsp3) is 0.700. The van der Waals surface area contributed by atoms with Crippen molar-refractivity contribution >= 4 is 5.91 Å². The minimum atomic E-state index is -0.203. The molecule has 2 unspecified atom stereocenters. The molecule has 1 aliphatic heterocycles. The lowest BCUT2D eigenvalue weighted by atomic mass is 9.93. The second kappa shape index (κ2) is 4.29. The molecular weight excluding hydrogens is 164 g/mol. The normalized spacial score (nSPS) is 28.2. The molecule has 1 amide bonds. The van der Waals surface area contributed by atoms with Crippen molar-refractivity contribution in [3.05, 3.63) is 0 Å². The lowest BCUT2D eigenvalue weighted by Crippen LogP contribution is -2.46. The van der Waals surface area contributed by atoms with Crippen LogP contribution in [0.1, 0.15) is 19.8 Å². The van der Waals surface area contributed by atoms with Crippen LogP contribution in [0.15, 0.2) is 0 Å². The zero-order valence-electron chi connectivity index (χ0n) is 7.99. The molecule has 0 aromatic carbocycles. The zero-order chi connectivity index (χ0) is 9.84. The van der Waals surface area contributed by atoms with Crippen molar-refractivity contribution in [2.75, 3.05) is 13.1 Å². The van der Waals surface area contributed by atoms with Crippen LogP contribution in [0.25, 0.3) is 0 Å². The van der Waals surface area contributed by atoms with Crippen molar-refractivity contribution in [2.45, 2.75) is 25.8 Å². The number of likely N-dealkylation sites (tertiary alicyclic amines) is 1. The summed E-state index contributed by atoms with van der Waals surface area (Å²) in [4.78, 5) is 13.0. The van der Waals surface area contributed by atoms with Gasteiger partial charge in [-0.1, -0.05) is 0 Å². The molecule has 2 N–H and O–H groups in total. The number of rotatable bonds is 1. The fourth-order valence-corrected chi connectivity index (χ4v) is 1.74. The summed E-state index contributed by atoms with van der Waals surface area (Å²) in [5.41, 5.74) is 5.56. The summed E-state index contributed by atoms with van der Waals surface area (Å²) < 4.78 is 0. The molecule has 0 bridgehead atoms. The molecule has 0 radical (unpaired) electrons. The summed E-state index contributed by atoms with van der Waals surface area (Å²) in [7, 11) is 0. The maximum atomic E-state index is 11.3. The number of terminal acetylenes is 1. The van der Waals surface area contributed by atoms with Crippen LogP contribution in [0.2, 0.25) is 0 Å². The van der Waals surface area contributed by atoms with Crippen molar-refractivity contribution < 1.29 is 4.79 Å². The van der Waals surface area contributed by atoms with E-state index < -0.39 is 0 Å². The van der Waals surface area contributed by atoms with Crippen LogP contribution in [-0.2, 0) is 4.79 Å². The van der Waals surface area contributed by atoms with Gasteiger partial charge in [0.2, 0.25) is 0 Å². The summed E-state index contributed by atoms with van der Waals surface area (Å²) >= 11 is 0. The van der Waals surface area contributed by atoms with Crippen LogP contribution >= 0.6 is 0 Å². The number of hydrogen-bond acceptors (Lipinski definition) is 2. The van der Waals surface area contributed by atoms with Gasteiger partial charge in [0.05, 0.1) is 0 Å². The molecule has 2 atom stereocenters. The number of nitrogens with two attached hydrogens (primary N) is 1. The first-order valence-corrected chi connectivity index (χ1v) is 4.66. The van der Waals surface area contributed by atoms with E-state index in [2.05, 4.69) is 5.92 Å². The van der Waals surface area contributed by atoms with E-state index in [-0.39, 0.29) is 11.9 Å². The van der Waals surface area contributed by atoms with E-state index in [9.17, 15) is 4.79 Å². The number of piperidine rings is 1. The van der Waals surface area contributed by atoms with Gasteiger partial charge < -0.3 is 10.6 Å². The van der Waals surface area contributed by atoms with Crippen LogP contribution < -0.4 is 5.73 Å². The molecule has 1 saturated heterocycles. The van der Waals surface area contributed by atoms with Gasteiger partial charge in [-0.25, -0.2) is 0 Å². The van der Waals surface area contributed by atoms with Crippen LogP contribution in [0, 0.1) is 18.3 Å². The van der Waals surface area contributed by atoms with E-state index in [1.54, 1.807) is 4.90 Å². The quantitative estimate of drug-likeness (QED) is 0.586. The maximum Gasteiger partial charge on any atom is 0.298 e. The Bertz CT molecular complexity index is 232. The van der Waals surface area contributed by atoms with E-state index in [4.69, 9.17) is 12.2 Å². The molecular formula is C10H16N2O. The van der Waals surface area contributed by atoms with Gasteiger partial charge in [0.15, 0.2) is 0 Å². The Labute approximate surface area is 79.3 Å². The van der Waals surface area contributed by atoms with Crippen molar-refractivity contribution in [1.29, 1.82) is 0 Å². The van der Waals surface area contributed by atoms with Gasteiger partial charge in [0, 0.05) is 12.6 Å². The van der Waals surface area contributed by atoms with Gasteiger partial charge in [-0.05, 0) is 38.1 Å². The smallest absolute Gasteiger partial charge is 0.298 e. The van der Waals surface area contributed by atoms with E-state index in [1.165, 1.54) is 0 Å². The highest BCUT2D eigenvalue weighted by Crippen LogP contribution is 2.20. The van der Waals surface area contributed by atoms with Crippen LogP contribution in [0.3, 0.4) is 0 Å². The fourth-order valence-electron chi connectivity index (χ4n) is 1.74. The Kier molecular flexibility index (Phi) is 3.32. The molecule has 0 aromatic heterocycles. The molecule has 1 fully saturated rings. The Morgan fingerprint density at radius 2 is 2.38 bits per heavy atom. The third-order valence-corrected chi connectivity index (χ3v) is 2.70. The Morgan fingerprint density at radius 1 is 1.69 bits per heavy atom. The Hall–Kier alpha value is -1.01. The SMILES string of the molecule is C#CC(=O)N1CC(CN)CCC1C. The molecule has 0 spiro atoms. The molecule has 0 aliphatic carbocycles. The molecule has 13 heavy (non-hydrogen) atoms. The van der Waals surface area contributed by atoms with Gasteiger partial charge in [-0.15, -0.1) is 6.42 Å². The number of nitrogens with zero attached hydrogens (tertiary/aromatic N) is 1. The topological polar surface area (TPSA) is 46.3 Å². The Morgan fingerprint density at radius 3 is 2.92 bits per heavy atom. The summed E-state index contributed by atoms with van der Waals surface area (Å²) in [6.45, 7) is 3.39. The van der Waals surface area contributed by atoms with Crippen molar-refractivity contribution in [1.82, 2.24) is 4.90 Å². The van der Waals surface area contributed by atoms with Crippen LogP contribution in [0.5, 0.6) is 0 Å². The summed E-state index contributed by atoms with van der Waals surface area (Å²) in [5, 5.41) is 0. The molecule has 72 valence electrons. The average Bonchev–Trinajstić information content (AvgIpc) is 2.17. The second-order valence-corrected chi connectivity index (χ2v) is 3.63. The maximum absolute atomic E-state index is 11.3. The zero-order valence-corrected chi connectivity index (χ0v) is 7.99. The molecule has 1 heterocycles. The van der Waals surface area contributed by atoms with Crippen molar-refractivity contribution in [3.63, 3.8) is 0 Å². The molecule has 3 nitrogen and oxygen atoms in total. The predicted molar refractivity (Wildman–Crippen MR) is 51.8 cm³/mol. The number of carbonyl (C=O) groups is 1. The Balaban J connectivity index is 2.61.